The summed E-state index contributed by atoms with van der Waals surface area (Å²) in [5.41, 5.74) is 0.407. The van der Waals surface area contributed by atoms with Crippen molar-refractivity contribution < 1.29 is 14.6 Å². The van der Waals surface area contributed by atoms with Crippen LogP contribution < -0.4 is 5.32 Å². The zero-order chi connectivity index (χ0) is 20.1. The zero-order valence-electron chi connectivity index (χ0n) is 14.8. The minimum atomic E-state index is -0.739. The standard InChI is InChI=1S/C18H18BrN3O5/c1-3-4-5-12-6-7-15(14(19)8-12)20-18(23)13-9-16(21(24)25)11(2)17(10-13)22(26)27/h6-10H,3-5H2,1-2H3,(H,20,23). The number of nitro groups is 2. The van der Waals surface area contributed by atoms with Crippen LogP contribution in [0, 0.1) is 27.2 Å². The van der Waals surface area contributed by atoms with E-state index in [-0.39, 0.29) is 11.1 Å². The van der Waals surface area contributed by atoms with Gasteiger partial charge in [0.2, 0.25) is 0 Å². The first-order valence-electron chi connectivity index (χ1n) is 8.27. The summed E-state index contributed by atoms with van der Waals surface area (Å²) in [5.74, 6) is -0.664. The second-order valence-corrected chi connectivity index (χ2v) is 6.88. The average molecular weight is 436 g/mol. The first-order chi connectivity index (χ1) is 12.7. The number of hydrogen-bond acceptors (Lipinski definition) is 5. The lowest BCUT2D eigenvalue weighted by molar-refractivity contribution is -0.395. The Hall–Kier alpha value is -2.81. The molecule has 0 atom stereocenters. The van der Waals surface area contributed by atoms with Crippen LogP contribution in [0.4, 0.5) is 17.1 Å². The lowest BCUT2D eigenvalue weighted by atomic mass is 10.1. The Morgan fingerprint density at radius 2 is 1.70 bits per heavy atom. The molecule has 2 aromatic rings. The van der Waals surface area contributed by atoms with Crippen molar-refractivity contribution >= 4 is 38.9 Å². The van der Waals surface area contributed by atoms with Crippen molar-refractivity contribution in [3.8, 4) is 0 Å². The van der Waals surface area contributed by atoms with Gasteiger partial charge < -0.3 is 5.32 Å². The second kappa shape index (κ2) is 8.72. The predicted molar refractivity (Wildman–Crippen MR) is 105 cm³/mol. The minimum absolute atomic E-state index is 0.0944. The van der Waals surface area contributed by atoms with Crippen molar-refractivity contribution in [2.24, 2.45) is 0 Å². The van der Waals surface area contributed by atoms with E-state index in [2.05, 4.69) is 28.2 Å². The molecule has 1 amide bonds. The van der Waals surface area contributed by atoms with E-state index in [0.717, 1.165) is 37.0 Å². The number of carbonyl (C=O) groups is 1. The van der Waals surface area contributed by atoms with Gasteiger partial charge in [-0.15, -0.1) is 0 Å². The van der Waals surface area contributed by atoms with Crippen molar-refractivity contribution in [1.29, 1.82) is 0 Å². The van der Waals surface area contributed by atoms with E-state index >= 15 is 0 Å². The Kier molecular flexibility index (Phi) is 6.62. The van der Waals surface area contributed by atoms with Crippen LogP contribution in [0.5, 0.6) is 0 Å². The van der Waals surface area contributed by atoms with Crippen molar-refractivity contribution in [2.45, 2.75) is 33.1 Å². The molecule has 0 heterocycles. The van der Waals surface area contributed by atoms with Gasteiger partial charge in [0.15, 0.2) is 0 Å². The van der Waals surface area contributed by atoms with Crippen LogP contribution in [0.3, 0.4) is 0 Å². The highest BCUT2D eigenvalue weighted by atomic mass is 79.9. The van der Waals surface area contributed by atoms with Crippen LogP contribution >= 0.6 is 15.9 Å². The predicted octanol–water partition coefficient (Wildman–Crippen LogP) is 5.17. The maximum absolute atomic E-state index is 12.5. The number of nitrogens with one attached hydrogen (secondary N) is 1. The molecule has 27 heavy (non-hydrogen) atoms. The summed E-state index contributed by atoms with van der Waals surface area (Å²) in [4.78, 5) is 33.3. The number of aryl methyl sites for hydroxylation is 1. The first-order valence-corrected chi connectivity index (χ1v) is 9.07. The van der Waals surface area contributed by atoms with Gasteiger partial charge in [-0.05, 0) is 53.4 Å². The van der Waals surface area contributed by atoms with Gasteiger partial charge in [0.25, 0.3) is 17.3 Å². The van der Waals surface area contributed by atoms with Crippen LogP contribution in [0.25, 0.3) is 0 Å². The molecule has 0 saturated carbocycles. The number of benzene rings is 2. The van der Waals surface area contributed by atoms with E-state index in [1.54, 1.807) is 6.07 Å². The van der Waals surface area contributed by atoms with Crippen molar-refractivity contribution in [3.63, 3.8) is 0 Å². The molecule has 0 aromatic heterocycles. The van der Waals surface area contributed by atoms with Crippen LogP contribution in [-0.2, 0) is 6.42 Å². The molecule has 0 bridgehead atoms. The van der Waals surface area contributed by atoms with E-state index < -0.39 is 27.1 Å². The van der Waals surface area contributed by atoms with Crippen molar-refractivity contribution in [3.05, 3.63) is 71.7 Å². The number of nitro benzene ring substituents is 2. The zero-order valence-corrected chi connectivity index (χ0v) is 16.4. The molecule has 142 valence electrons. The Labute approximate surface area is 164 Å². The Balaban J connectivity index is 2.33. The summed E-state index contributed by atoms with van der Waals surface area (Å²) < 4.78 is 0.667. The number of unbranched alkanes of at least 4 members (excludes halogenated alkanes) is 1. The third-order valence-corrected chi connectivity index (χ3v) is 4.77. The van der Waals surface area contributed by atoms with Gasteiger partial charge in [-0.3, -0.25) is 25.0 Å². The van der Waals surface area contributed by atoms with Gasteiger partial charge in [0.05, 0.1) is 21.1 Å². The molecular formula is C18H18BrN3O5. The minimum Gasteiger partial charge on any atom is -0.321 e. The van der Waals surface area contributed by atoms with E-state index in [4.69, 9.17) is 0 Å². The summed E-state index contributed by atoms with van der Waals surface area (Å²) in [5, 5.41) is 24.9. The van der Waals surface area contributed by atoms with Crippen molar-refractivity contribution in [2.75, 3.05) is 5.32 Å². The number of hydrogen-bond donors (Lipinski definition) is 1. The molecule has 0 aliphatic carbocycles. The third-order valence-electron chi connectivity index (χ3n) is 4.11. The quantitative estimate of drug-likeness (QED) is 0.475. The molecule has 0 radical (unpaired) electrons. The molecule has 2 aromatic carbocycles. The van der Waals surface area contributed by atoms with Crippen LogP contribution in [0.2, 0.25) is 0 Å². The number of halogens is 1. The first kappa shape index (κ1) is 20.5. The molecule has 8 nitrogen and oxygen atoms in total. The summed E-state index contributed by atoms with van der Waals surface area (Å²) in [6.07, 6.45) is 3.04. The smallest absolute Gasteiger partial charge is 0.279 e. The summed E-state index contributed by atoms with van der Waals surface area (Å²) >= 11 is 3.40. The SMILES string of the molecule is CCCCc1ccc(NC(=O)c2cc([N+](=O)[O-])c(C)c([N+](=O)[O-])c2)c(Br)c1. The highest BCUT2D eigenvalue weighted by Crippen LogP contribution is 2.30. The lowest BCUT2D eigenvalue weighted by Crippen LogP contribution is -2.13. The Morgan fingerprint density at radius 3 is 2.19 bits per heavy atom. The Morgan fingerprint density at radius 1 is 1.11 bits per heavy atom. The van der Waals surface area contributed by atoms with Gasteiger partial charge in [-0.2, -0.15) is 0 Å². The summed E-state index contributed by atoms with van der Waals surface area (Å²) in [6.45, 7) is 3.38. The molecule has 1 N–H and O–H groups in total. The normalized spacial score (nSPS) is 10.5. The van der Waals surface area contributed by atoms with E-state index in [1.165, 1.54) is 6.92 Å². The Bertz CT molecular complexity index is 879. The molecule has 0 spiro atoms. The van der Waals surface area contributed by atoms with E-state index in [0.29, 0.717) is 10.2 Å². The topological polar surface area (TPSA) is 115 Å². The van der Waals surface area contributed by atoms with Crippen LogP contribution in [0.15, 0.2) is 34.8 Å². The second-order valence-electron chi connectivity index (χ2n) is 6.03. The molecule has 0 saturated heterocycles. The molecule has 0 aliphatic rings. The van der Waals surface area contributed by atoms with Gasteiger partial charge in [0.1, 0.15) is 5.56 Å². The molecule has 9 heteroatoms. The van der Waals surface area contributed by atoms with Gasteiger partial charge in [-0.25, -0.2) is 0 Å². The van der Waals surface area contributed by atoms with Gasteiger partial charge in [0, 0.05) is 16.6 Å². The van der Waals surface area contributed by atoms with Crippen LogP contribution in [0.1, 0.15) is 41.3 Å². The highest BCUT2D eigenvalue weighted by Gasteiger charge is 2.25. The number of rotatable bonds is 7. The fourth-order valence-corrected chi connectivity index (χ4v) is 3.11. The fraction of sp³-hybridized carbons (Fsp3) is 0.278. The summed E-state index contributed by atoms with van der Waals surface area (Å²) in [6, 6.07) is 7.59. The van der Waals surface area contributed by atoms with Gasteiger partial charge in [-0.1, -0.05) is 19.4 Å². The third kappa shape index (κ3) is 4.88. The van der Waals surface area contributed by atoms with E-state index in [9.17, 15) is 25.0 Å². The molecule has 2 rings (SSSR count). The molecule has 0 unspecified atom stereocenters. The van der Waals surface area contributed by atoms with Gasteiger partial charge >= 0.3 is 0 Å². The summed E-state index contributed by atoms with van der Waals surface area (Å²) in [7, 11) is 0. The lowest BCUT2D eigenvalue weighted by Gasteiger charge is -2.10. The molecule has 0 fully saturated rings. The van der Waals surface area contributed by atoms with E-state index in [1.807, 2.05) is 12.1 Å². The van der Waals surface area contributed by atoms with Crippen molar-refractivity contribution in [1.82, 2.24) is 0 Å². The van der Waals surface area contributed by atoms with Crippen LogP contribution in [-0.4, -0.2) is 15.8 Å². The monoisotopic (exact) mass is 435 g/mol. The average Bonchev–Trinajstić information content (AvgIpc) is 2.61. The number of carbonyl (C=O) groups excluding carboxylic acids is 1. The number of anilines is 1. The fourth-order valence-electron chi connectivity index (χ4n) is 2.59. The maximum atomic E-state index is 12.5. The molecular weight excluding hydrogens is 418 g/mol. The number of nitrogens with zero attached hydrogens (tertiary/aromatic N) is 2. The largest absolute Gasteiger partial charge is 0.321 e. The number of amides is 1. The maximum Gasteiger partial charge on any atom is 0.279 e. The molecule has 0 aliphatic heterocycles. The highest BCUT2D eigenvalue weighted by molar-refractivity contribution is 9.10.